The Balaban J connectivity index is 1.93. The Morgan fingerprint density at radius 1 is 1.00 bits per heavy atom. The van der Waals surface area contributed by atoms with Crippen molar-refractivity contribution in [2.45, 2.75) is 16.3 Å². The van der Waals surface area contributed by atoms with Gasteiger partial charge in [-0.15, -0.1) is 0 Å². The number of aliphatic hydroxyl groups excluding tert-OH is 1. The molecule has 0 aliphatic carbocycles. The van der Waals surface area contributed by atoms with Gasteiger partial charge in [-0.2, -0.15) is 15.3 Å². The molecule has 4 rings (SSSR count). The van der Waals surface area contributed by atoms with Crippen molar-refractivity contribution >= 4 is 40.3 Å². The van der Waals surface area contributed by atoms with Gasteiger partial charge < -0.3 is 5.11 Å². The molecular formula is C20H15Cl3N4O. The van der Waals surface area contributed by atoms with Crippen LogP contribution in [0.15, 0.2) is 67.0 Å². The van der Waals surface area contributed by atoms with Crippen LogP contribution in [0.25, 0.3) is 27.9 Å². The summed E-state index contributed by atoms with van der Waals surface area (Å²) in [6.07, 6.45) is 2.30. The topological polar surface area (TPSA) is 63.3 Å². The van der Waals surface area contributed by atoms with E-state index in [1.54, 1.807) is 6.20 Å². The highest BCUT2D eigenvalue weighted by Gasteiger charge is 2.32. The molecule has 1 unspecified atom stereocenters. The number of nitrogens with zero attached hydrogens (tertiary/aromatic N) is 4. The Labute approximate surface area is 176 Å². The van der Waals surface area contributed by atoms with E-state index in [1.165, 1.54) is 0 Å². The predicted molar refractivity (Wildman–Crippen MR) is 112 cm³/mol. The first kappa shape index (κ1) is 19.2. The SMILES string of the molecule is OC(Cc1nnccc1-c1c(-c2ccccc2)nn2ccccc12)C(Cl)(Cl)Cl. The zero-order valence-electron chi connectivity index (χ0n) is 14.5. The number of aromatic nitrogens is 4. The van der Waals surface area contributed by atoms with E-state index in [0.717, 1.165) is 27.9 Å². The molecule has 0 saturated heterocycles. The van der Waals surface area contributed by atoms with Crippen LogP contribution >= 0.6 is 34.8 Å². The molecule has 1 N–H and O–H groups in total. The summed E-state index contributed by atoms with van der Waals surface area (Å²) in [5, 5.41) is 23.2. The first-order valence-corrected chi connectivity index (χ1v) is 9.67. The van der Waals surface area contributed by atoms with Gasteiger partial charge in [0.1, 0.15) is 11.8 Å². The van der Waals surface area contributed by atoms with Crippen molar-refractivity contribution in [1.82, 2.24) is 19.8 Å². The normalized spacial score (nSPS) is 13.0. The monoisotopic (exact) mass is 432 g/mol. The molecule has 0 aliphatic heterocycles. The minimum absolute atomic E-state index is 0.0398. The third-order valence-electron chi connectivity index (χ3n) is 4.42. The Hall–Kier alpha value is -2.18. The van der Waals surface area contributed by atoms with Gasteiger partial charge in [-0.05, 0) is 18.2 Å². The highest BCUT2D eigenvalue weighted by atomic mass is 35.6. The molecule has 5 nitrogen and oxygen atoms in total. The van der Waals surface area contributed by atoms with Crippen molar-refractivity contribution in [3.05, 3.63) is 72.7 Å². The molecule has 0 radical (unpaired) electrons. The Morgan fingerprint density at radius 3 is 2.50 bits per heavy atom. The van der Waals surface area contributed by atoms with E-state index < -0.39 is 9.90 Å². The molecule has 0 bridgehead atoms. The predicted octanol–water partition coefficient (Wildman–Crippen LogP) is 4.73. The third-order valence-corrected chi connectivity index (χ3v) is 5.17. The maximum Gasteiger partial charge on any atom is 0.216 e. The highest BCUT2D eigenvalue weighted by molar-refractivity contribution is 6.68. The van der Waals surface area contributed by atoms with Crippen LogP contribution in [0.4, 0.5) is 0 Å². The summed E-state index contributed by atoms with van der Waals surface area (Å²) in [5.41, 5.74) is 4.85. The smallest absolute Gasteiger partial charge is 0.216 e. The number of pyridine rings is 1. The summed E-state index contributed by atoms with van der Waals surface area (Å²) < 4.78 is -0.00854. The quantitative estimate of drug-likeness (QED) is 0.473. The van der Waals surface area contributed by atoms with E-state index in [4.69, 9.17) is 39.9 Å². The zero-order valence-corrected chi connectivity index (χ0v) is 16.8. The number of rotatable bonds is 4. The van der Waals surface area contributed by atoms with Crippen molar-refractivity contribution in [2.24, 2.45) is 0 Å². The minimum Gasteiger partial charge on any atom is -0.388 e. The maximum absolute atomic E-state index is 10.3. The van der Waals surface area contributed by atoms with Gasteiger partial charge in [-0.25, -0.2) is 4.52 Å². The lowest BCUT2D eigenvalue weighted by Crippen LogP contribution is -2.28. The molecule has 4 aromatic rings. The fourth-order valence-corrected chi connectivity index (χ4v) is 3.33. The third kappa shape index (κ3) is 3.71. The molecule has 8 heteroatoms. The fraction of sp³-hybridized carbons (Fsp3) is 0.150. The second kappa shape index (κ2) is 7.68. The number of halogens is 3. The molecule has 0 aliphatic rings. The van der Waals surface area contributed by atoms with Crippen LogP contribution in [0.2, 0.25) is 0 Å². The summed E-state index contributed by atoms with van der Waals surface area (Å²) in [7, 11) is 0. The summed E-state index contributed by atoms with van der Waals surface area (Å²) in [6, 6.07) is 17.5. The van der Waals surface area contributed by atoms with E-state index in [0.29, 0.717) is 5.69 Å². The Kier molecular flexibility index (Phi) is 5.25. The van der Waals surface area contributed by atoms with Crippen molar-refractivity contribution in [3.8, 4) is 22.4 Å². The molecule has 0 spiro atoms. The van der Waals surface area contributed by atoms with Crippen molar-refractivity contribution in [3.63, 3.8) is 0 Å². The van der Waals surface area contributed by atoms with Gasteiger partial charge in [-0.1, -0.05) is 71.2 Å². The van der Waals surface area contributed by atoms with Gasteiger partial charge in [-0.3, -0.25) is 0 Å². The number of hydrogen-bond donors (Lipinski definition) is 1. The molecule has 0 saturated carbocycles. The molecular weight excluding hydrogens is 419 g/mol. The van der Waals surface area contributed by atoms with E-state index >= 15 is 0 Å². The average Bonchev–Trinajstić information content (AvgIpc) is 3.08. The molecule has 3 heterocycles. The largest absolute Gasteiger partial charge is 0.388 e. The molecule has 1 aromatic carbocycles. The van der Waals surface area contributed by atoms with Crippen LogP contribution in [0.3, 0.4) is 0 Å². The molecule has 1 atom stereocenters. The molecule has 28 heavy (non-hydrogen) atoms. The second-order valence-corrected chi connectivity index (χ2v) is 8.64. The van der Waals surface area contributed by atoms with E-state index in [9.17, 15) is 5.11 Å². The fourth-order valence-electron chi connectivity index (χ4n) is 3.10. The number of alkyl halides is 3. The van der Waals surface area contributed by atoms with Crippen LogP contribution in [0, 0.1) is 0 Å². The van der Waals surface area contributed by atoms with Crippen molar-refractivity contribution in [1.29, 1.82) is 0 Å². The maximum atomic E-state index is 10.3. The minimum atomic E-state index is -1.82. The van der Waals surface area contributed by atoms with E-state index in [-0.39, 0.29) is 6.42 Å². The van der Waals surface area contributed by atoms with Crippen LogP contribution in [-0.2, 0) is 6.42 Å². The Morgan fingerprint density at radius 2 is 1.75 bits per heavy atom. The van der Waals surface area contributed by atoms with Gasteiger partial charge in [0.25, 0.3) is 0 Å². The van der Waals surface area contributed by atoms with E-state index in [1.807, 2.05) is 65.3 Å². The Bertz CT molecular complexity index is 1110. The zero-order chi connectivity index (χ0) is 19.7. The summed E-state index contributed by atoms with van der Waals surface area (Å²) >= 11 is 17.5. The molecule has 0 amide bonds. The van der Waals surface area contributed by atoms with Crippen LogP contribution in [0.1, 0.15) is 5.69 Å². The van der Waals surface area contributed by atoms with Gasteiger partial charge >= 0.3 is 0 Å². The van der Waals surface area contributed by atoms with Crippen LogP contribution < -0.4 is 0 Å². The van der Waals surface area contributed by atoms with Gasteiger partial charge in [0, 0.05) is 29.3 Å². The lowest BCUT2D eigenvalue weighted by atomic mass is 9.97. The van der Waals surface area contributed by atoms with Gasteiger partial charge in [0.05, 0.1) is 17.4 Å². The average molecular weight is 434 g/mol. The number of aliphatic hydroxyl groups is 1. The lowest BCUT2D eigenvalue weighted by Gasteiger charge is -2.19. The van der Waals surface area contributed by atoms with Gasteiger partial charge in [0.15, 0.2) is 0 Å². The number of benzene rings is 1. The first-order valence-electron chi connectivity index (χ1n) is 8.53. The summed E-state index contributed by atoms with van der Waals surface area (Å²) in [4.78, 5) is 0. The van der Waals surface area contributed by atoms with Crippen LogP contribution in [-0.4, -0.2) is 34.8 Å². The number of hydrogen-bond acceptors (Lipinski definition) is 4. The van der Waals surface area contributed by atoms with Crippen molar-refractivity contribution < 1.29 is 5.11 Å². The lowest BCUT2D eigenvalue weighted by molar-refractivity contribution is 0.178. The molecule has 3 aromatic heterocycles. The van der Waals surface area contributed by atoms with Crippen LogP contribution in [0.5, 0.6) is 0 Å². The molecule has 0 fully saturated rings. The second-order valence-electron chi connectivity index (χ2n) is 6.27. The summed E-state index contributed by atoms with van der Waals surface area (Å²) in [6.45, 7) is 0. The van der Waals surface area contributed by atoms with Gasteiger partial charge in [0.2, 0.25) is 3.79 Å². The standard InChI is InChI=1S/C20H15Cl3N4O/c21-20(22,23)17(28)12-15-14(9-10-24-25-15)18-16-8-4-5-11-27(16)26-19(18)13-6-2-1-3-7-13/h1-11,17,28H,12H2. The number of fused-ring (bicyclic) bond motifs is 1. The van der Waals surface area contributed by atoms with Crippen molar-refractivity contribution in [2.75, 3.05) is 0 Å². The highest BCUT2D eigenvalue weighted by Crippen LogP contribution is 2.38. The molecule has 142 valence electrons. The first-order chi connectivity index (χ1) is 13.4. The summed E-state index contributed by atoms with van der Waals surface area (Å²) in [5.74, 6) is 0. The van der Waals surface area contributed by atoms with E-state index in [2.05, 4.69) is 10.2 Å².